The second-order valence-electron chi connectivity index (χ2n) is 4.65. The van der Waals surface area contributed by atoms with Crippen LogP contribution in [0.5, 0.6) is 0 Å². The minimum atomic E-state index is -0.0881. The SMILES string of the molecule is Cc1ccc(-n2cc(CNC(=O)c3cccs3)nn2)cc1. The van der Waals surface area contributed by atoms with E-state index in [1.54, 1.807) is 10.7 Å². The molecular formula is C15H14N4OS. The molecule has 106 valence electrons. The van der Waals surface area contributed by atoms with Crippen molar-refractivity contribution in [3.8, 4) is 5.69 Å². The normalized spacial score (nSPS) is 10.5. The molecule has 2 aromatic heterocycles. The van der Waals surface area contributed by atoms with Crippen LogP contribution < -0.4 is 5.32 Å². The number of nitrogens with one attached hydrogen (secondary N) is 1. The molecular weight excluding hydrogens is 284 g/mol. The second kappa shape index (κ2) is 5.88. The summed E-state index contributed by atoms with van der Waals surface area (Å²) < 4.78 is 1.70. The van der Waals surface area contributed by atoms with Gasteiger partial charge in [-0.25, -0.2) is 4.68 Å². The first kappa shape index (κ1) is 13.5. The zero-order valence-corrected chi connectivity index (χ0v) is 12.3. The summed E-state index contributed by atoms with van der Waals surface area (Å²) in [5.74, 6) is -0.0881. The van der Waals surface area contributed by atoms with Gasteiger partial charge in [0.05, 0.1) is 23.3 Å². The molecule has 2 heterocycles. The van der Waals surface area contributed by atoms with Crippen molar-refractivity contribution in [1.29, 1.82) is 0 Å². The number of aromatic nitrogens is 3. The predicted octanol–water partition coefficient (Wildman–Crippen LogP) is 2.57. The topological polar surface area (TPSA) is 59.8 Å². The summed E-state index contributed by atoms with van der Waals surface area (Å²) in [5.41, 5.74) is 2.87. The summed E-state index contributed by atoms with van der Waals surface area (Å²) in [6.07, 6.45) is 1.82. The van der Waals surface area contributed by atoms with Gasteiger partial charge in [-0.05, 0) is 30.5 Å². The fourth-order valence-corrected chi connectivity index (χ4v) is 2.51. The predicted molar refractivity (Wildman–Crippen MR) is 81.6 cm³/mol. The van der Waals surface area contributed by atoms with Gasteiger partial charge < -0.3 is 5.32 Å². The van der Waals surface area contributed by atoms with E-state index in [0.717, 1.165) is 11.4 Å². The Kier molecular flexibility index (Phi) is 3.79. The van der Waals surface area contributed by atoms with Crippen molar-refractivity contribution in [3.05, 3.63) is 64.1 Å². The van der Waals surface area contributed by atoms with E-state index in [2.05, 4.69) is 15.6 Å². The van der Waals surface area contributed by atoms with Crippen molar-refractivity contribution in [3.63, 3.8) is 0 Å². The molecule has 0 radical (unpaired) electrons. The molecule has 5 nitrogen and oxygen atoms in total. The molecule has 0 unspecified atom stereocenters. The van der Waals surface area contributed by atoms with Crippen LogP contribution in [-0.2, 0) is 6.54 Å². The number of carbonyl (C=O) groups is 1. The molecule has 0 aliphatic carbocycles. The standard InChI is InChI=1S/C15H14N4OS/c1-11-4-6-13(7-5-11)19-10-12(17-18-19)9-16-15(20)14-3-2-8-21-14/h2-8,10H,9H2,1H3,(H,16,20). The maximum absolute atomic E-state index is 11.8. The van der Waals surface area contributed by atoms with Crippen molar-refractivity contribution >= 4 is 17.2 Å². The third-order valence-electron chi connectivity index (χ3n) is 3.01. The molecule has 0 aliphatic rings. The number of rotatable bonds is 4. The van der Waals surface area contributed by atoms with Gasteiger partial charge >= 0.3 is 0 Å². The monoisotopic (exact) mass is 298 g/mol. The van der Waals surface area contributed by atoms with Gasteiger partial charge in [0, 0.05) is 0 Å². The fourth-order valence-electron chi connectivity index (χ4n) is 1.87. The molecule has 3 aromatic rings. The maximum Gasteiger partial charge on any atom is 0.261 e. The largest absolute Gasteiger partial charge is 0.346 e. The van der Waals surface area contributed by atoms with Gasteiger partial charge in [0.1, 0.15) is 5.69 Å². The lowest BCUT2D eigenvalue weighted by Gasteiger charge is -2.00. The maximum atomic E-state index is 11.8. The van der Waals surface area contributed by atoms with Crippen LogP contribution >= 0.6 is 11.3 Å². The average Bonchev–Trinajstić information content (AvgIpc) is 3.17. The van der Waals surface area contributed by atoms with Gasteiger partial charge in [0.2, 0.25) is 0 Å². The van der Waals surface area contributed by atoms with Crippen molar-refractivity contribution in [1.82, 2.24) is 20.3 Å². The quantitative estimate of drug-likeness (QED) is 0.805. The van der Waals surface area contributed by atoms with Gasteiger partial charge in [0.15, 0.2) is 0 Å². The van der Waals surface area contributed by atoms with Crippen LogP contribution in [0, 0.1) is 6.92 Å². The summed E-state index contributed by atoms with van der Waals surface area (Å²) in [7, 11) is 0. The van der Waals surface area contributed by atoms with Gasteiger partial charge in [-0.1, -0.05) is 29.0 Å². The molecule has 0 spiro atoms. The van der Waals surface area contributed by atoms with Crippen molar-refractivity contribution < 1.29 is 4.79 Å². The second-order valence-corrected chi connectivity index (χ2v) is 5.60. The number of thiophene rings is 1. The number of aryl methyl sites for hydroxylation is 1. The van der Waals surface area contributed by atoms with Gasteiger partial charge in [-0.15, -0.1) is 16.4 Å². The van der Waals surface area contributed by atoms with E-state index in [9.17, 15) is 4.79 Å². The van der Waals surface area contributed by atoms with Crippen molar-refractivity contribution in [2.75, 3.05) is 0 Å². The highest BCUT2D eigenvalue weighted by molar-refractivity contribution is 7.12. The summed E-state index contributed by atoms with van der Waals surface area (Å²) in [6, 6.07) is 11.7. The Labute approximate surface area is 126 Å². The summed E-state index contributed by atoms with van der Waals surface area (Å²) in [6.45, 7) is 2.40. The fraction of sp³-hybridized carbons (Fsp3) is 0.133. The highest BCUT2D eigenvalue weighted by Crippen LogP contribution is 2.10. The number of nitrogens with zero attached hydrogens (tertiary/aromatic N) is 3. The van der Waals surface area contributed by atoms with E-state index in [4.69, 9.17) is 0 Å². The Hall–Kier alpha value is -2.47. The molecule has 1 N–H and O–H groups in total. The Balaban J connectivity index is 1.65. The van der Waals surface area contributed by atoms with E-state index >= 15 is 0 Å². The highest BCUT2D eigenvalue weighted by Gasteiger charge is 2.08. The molecule has 1 aromatic carbocycles. The van der Waals surface area contributed by atoms with Gasteiger partial charge in [0.25, 0.3) is 5.91 Å². The van der Waals surface area contributed by atoms with Crippen LogP contribution in [0.25, 0.3) is 5.69 Å². The van der Waals surface area contributed by atoms with Crippen LogP contribution in [0.3, 0.4) is 0 Å². The van der Waals surface area contributed by atoms with E-state index < -0.39 is 0 Å². The first-order valence-electron chi connectivity index (χ1n) is 6.52. The Bertz CT molecular complexity index is 731. The first-order chi connectivity index (χ1) is 10.2. The molecule has 0 saturated heterocycles. The van der Waals surface area contributed by atoms with Crippen LogP contribution in [0.4, 0.5) is 0 Å². The van der Waals surface area contributed by atoms with E-state index in [1.807, 2.05) is 48.8 Å². The third-order valence-corrected chi connectivity index (χ3v) is 3.88. The summed E-state index contributed by atoms with van der Waals surface area (Å²) in [5, 5.41) is 12.9. The summed E-state index contributed by atoms with van der Waals surface area (Å²) >= 11 is 1.42. The molecule has 0 bridgehead atoms. The van der Waals surface area contributed by atoms with E-state index in [1.165, 1.54) is 16.9 Å². The van der Waals surface area contributed by atoms with E-state index in [0.29, 0.717) is 11.4 Å². The van der Waals surface area contributed by atoms with Crippen molar-refractivity contribution in [2.24, 2.45) is 0 Å². The van der Waals surface area contributed by atoms with Gasteiger partial charge in [-0.3, -0.25) is 4.79 Å². The lowest BCUT2D eigenvalue weighted by atomic mass is 10.2. The Morgan fingerprint density at radius 1 is 1.29 bits per heavy atom. The molecule has 3 rings (SSSR count). The smallest absolute Gasteiger partial charge is 0.261 e. The first-order valence-corrected chi connectivity index (χ1v) is 7.40. The number of amides is 1. The lowest BCUT2D eigenvalue weighted by Crippen LogP contribution is -2.21. The molecule has 0 saturated carbocycles. The average molecular weight is 298 g/mol. The Morgan fingerprint density at radius 2 is 2.10 bits per heavy atom. The molecule has 1 amide bonds. The molecule has 0 fully saturated rings. The van der Waals surface area contributed by atoms with Gasteiger partial charge in [-0.2, -0.15) is 0 Å². The molecule has 0 aliphatic heterocycles. The molecule has 0 atom stereocenters. The molecule has 6 heteroatoms. The zero-order chi connectivity index (χ0) is 14.7. The minimum absolute atomic E-state index is 0.0881. The van der Waals surface area contributed by atoms with E-state index in [-0.39, 0.29) is 5.91 Å². The van der Waals surface area contributed by atoms with Crippen LogP contribution in [0.1, 0.15) is 20.9 Å². The van der Waals surface area contributed by atoms with Crippen LogP contribution in [0.15, 0.2) is 48.0 Å². The minimum Gasteiger partial charge on any atom is -0.346 e. The molecule has 21 heavy (non-hydrogen) atoms. The third kappa shape index (κ3) is 3.17. The highest BCUT2D eigenvalue weighted by atomic mass is 32.1. The number of benzene rings is 1. The Morgan fingerprint density at radius 3 is 2.81 bits per heavy atom. The lowest BCUT2D eigenvalue weighted by molar-refractivity contribution is 0.0954. The summed E-state index contributed by atoms with van der Waals surface area (Å²) in [4.78, 5) is 12.5. The van der Waals surface area contributed by atoms with Crippen LogP contribution in [-0.4, -0.2) is 20.9 Å². The van der Waals surface area contributed by atoms with Crippen molar-refractivity contribution in [2.45, 2.75) is 13.5 Å². The zero-order valence-electron chi connectivity index (χ0n) is 11.5. The number of hydrogen-bond acceptors (Lipinski definition) is 4. The number of carbonyl (C=O) groups excluding carboxylic acids is 1. The van der Waals surface area contributed by atoms with Crippen LogP contribution in [0.2, 0.25) is 0 Å². The number of hydrogen-bond donors (Lipinski definition) is 1.